The van der Waals surface area contributed by atoms with Crippen LogP contribution in [0, 0.1) is 6.92 Å². The molecule has 3 heterocycles. The molecule has 1 aliphatic heterocycles. The second kappa shape index (κ2) is 10.2. The van der Waals surface area contributed by atoms with E-state index in [1.54, 1.807) is 4.68 Å². The van der Waals surface area contributed by atoms with E-state index in [4.69, 9.17) is 5.10 Å². The molecular formula is C29H31N5O. The number of aryl methyl sites for hydroxylation is 2. The van der Waals surface area contributed by atoms with Crippen LogP contribution in [0.1, 0.15) is 21.6 Å². The molecule has 6 heteroatoms. The van der Waals surface area contributed by atoms with Crippen molar-refractivity contribution < 1.29 is 4.79 Å². The maximum atomic E-state index is 13.7. The summed E-state index contributed by atoms with van der Waals surface area (Å²) in [7, 11) is 1.99. The Labute approximate surface area is 206 Å². The van der Waals surface area contributed by atoms with E-state index in [1.807, 2.05) is 59.1 Å². The van der Waals surface area contributed by atoms with Gasteiger partial charge in [0.15, 0.2) is 0 Å². The van der Waals surface area contributed by atoms with Crippen molar-refractivity contribution in [1.82, 2.24) is 24.1 Å². The van der Waals surface area contributed by atoms with E-state index in [2.05, 4.69) is 60.4 Å². The first-order valence-corrected chi connectivity index (χ1v) is 12.1. The van der Waals surface area contributed by atoms with Gasteiger partial charge in [-0.3, -0.25) is 9.69 Å². The van der Waals surface area contributed by atoms with Gasteiger partial charge in [-0.2, -0.15) is 5.10 Å². The summed E-state index contributed by atoms with van der Waals surface area (Å²) in [5.74, 6) is 0.0268. The molecule has 2 aromatic carbocycles. The number of aromatic nitrogens is 3. The van der Waals surface area contributed by atoms with Crippen molar-refractivity contribution in [2.75, 3.05) is 32.7 Å². The van der Waals surface area contributed by atoms with Crippen LogP contribution in [-0.4, -0.2) is 62.8 Å². The van der Waals surface area contributed by atoms with Crippen LogP contribution < -0.4 is 0 Å². The Morgan fingerprint density at radius 3 is 2.46 bits per heavy atom. The number of hydrogen-bond acceptors (Lipinski definition) is 3. The molecule has 4 aromatic rings. The zero-order valence-corrected chi connectivity index (χ0v) is 20.3. The predicted octanol–water partition coefficient (Wildman–Crippen LogP) is 4.66. The van der Waals surface area contributed by atoms with Crippen LogP contribution in [0.4, 0.5) is 0 Å². The summed E-state index contributed by atoms with van der Waals surface area (Å²) in [5.41, 5.74) is 5.63. The topological polar surface area (TPSA) is 46.3 Å². The van der Waals surface area contributed by atoms with Crippen LogP contribution in [-0.2, 0) is 7.05 Å². The van der Waals surface area contributed by atoms with Crippen LogP contribution in [0.5, 0.6) is 0 Å². The van der Waals surface area contributed by atoms with Gasteiger partial charge in [0.2, 0.25) is 0 Å². The lowest BCUT2D eigenvalue weighted by Crippen LogP contribution is -2.49. The minimum absolute atomic E-state index is 0.0268. The Balaban J connectivity index is 1.32. The highest BCUT2D eigenvalue weighted by molar-refractivity contribution is 5.94. The molecule has 1 saturated heterocycles. The molecule has 1 amide bonds. The van der Waals surface area contributed by atoms with Crippen molar-refractivity contribution in [3.8, 4) is 17.1 Å². The number of hydrogen-bond donors (Lipinski definition) is 0. The molecule has 0 atom stereocenters. The summed E-state index contributed by atoms with van der Waals surface area (Å²) in [6.45, 7) is 6.06. The molecule has 1 fully saturated rings. The van der Waals surface area contributed by atoms with Gasteiger partial charge in [-0.15, -0.1) is 0 Å². The van der Waals surface area contributed by atoms with Crippen molar-refractivity contribution in [3.05, 3.63) is 102 Å². The summed E-state index contributed by atoms with van der Waals surface area (Å²) in [6, 6.07) is 24.4. The van der Waals surface area contributed by atoms with Gasteiger partial charge >= 0.3 is 0 Å². The molecule has 6 nitrogen and oxygen atoms in total. The Morgan fingerprint density at radius 1 is 0.943 bits per heavy atom. The molecule has 5 rings (SSSR count). The van der Waals surface area contributed by atoms with E-state index < -0.39 is 0 Å². The average molecular weight is 466 g/mol. The number of piperazine rings is 1. The Morgan fingerprint density at radius 2 is 1.74 bits per heavy atom. The summed E-state index contributed by atoms with van der Waals surface area (Å²) < 4.78 is 3.82. The number of amides is 1. The lowest BCUT2D eigenvalue weighted by atomic mass is 10.2. The molecule has 0 aliphatic carbocycles. The van der Waals surface area contributed by atoms with Gasteiger partial charge in [-0.25, -0.2) is 4.68 Å². The molecule has 2 aromatic heterocycles. The third-order valence-corrected chi connectivity index (χ3v) is 6.51. The first kappa shape index (κ1) is 22.9. The molecule has 0 radical (unpaired) electrons. The minimum atomic E-state index is 0.0268. The molecule has 0 bridgehead atoms. The number of rotatable bonds is 6. The summed E-state index contributed by atoms with van der Waals surface area (Å²) >= 11 is 0. The van der Waals surface area contributed by atoms with Crippen molar-refractivity contribution in [2.45, 2.75) is 6.92 Å². The second-order valence-electron chi connectivity index (χ2n) is 9.08. The highest BCUT2D eigenvalue weighted by Gasteiger charge is 2.26. The smallest absolute Gasteiger partial charge is 0.272 e. The van der Waals surface area contributed by atoms with E-state index in [-0.39, 0.29) is 5.91 Å². The van der Waals surface area contributed by atoms with Crippen molar-refractivity contribution >= 4 is 12.0 Å². The Hall–Kier alpha value is -3.90. The van der Waals surface area contributed by atoms with Crippen LogP contribution in [0.3, 0.4) is 0 Å². The van der Waals surface area contributed by atoms with Crippen LogP contribution >= 0.6 is 0 Å². The lowest BCUT2D eigenvalue weighted by Gasteiger charge is -2.34. The largest absolute Gasteiger partial charge is 0.349 e. The highest BCUT2D eigenvalue weighted by atomic mass is 16.2. The van der Waals surface area contributed by atoms with Gasteiger partial charge in [0, 0.05) is 46.0 Å². The quantitative estimate of drug-likeness (QED) is 0.416. The summed E-state index contributed by atoms with van der Waals surface area (Å²) in [6.07, 6.45) is 6.35. The first-order valence-electron chi connectivity index (χ1n) is 12.1. The molecule has 0 saturated carbocycles. The van der Waals surface area contributed by atoms with E-state index in [0.29, 0.717) is 18.8 Å². The van der Waals surface area contributed by atoms with Crippen molar-refractivity contribution in [2.24, 2.45) is 7.05 Å². The van der Waals surface area contributed by atoms with Gasteiger partial charge in [0.05, 0.1) is 11.4 Å². The maximum absolute atomic E-state index is 13.7. The molecule has 0 unspecified atom stereocenters. The third kappa shape index (κ3) is 5.12. The normalized spacial score (nSPS) is 14.6. The number of benzene rings is 2. The fraction of sp³-hybridized carbons (Fsp3) is 0.241. The molecule has 35 heavy (non-hydrogen) atoms. The third-order valence-electron chi connectivity index (χ3n) is 6.51. The molecule has 0 spiro atoms. The summed E-state index contributed by atoms with van der Waals surface area (Å²) in [4.78, 5) is 18.0. The van der Waals surface area contributed by atoms with Crippen LogP contribution in [0.25, 0.3) is 23.2 Å². The second-order valence-corrected chi connectivity index (χ2v) is 9.08. The van der Waals surface area contributed by atoms with Crippen molar-refractivity contribution in [3.63, 3.8) is 0 Å². The Bertz CT molecular complexity index is 1330. The first-order chi connectivity index (χ1) is 17.1. The van der Waals surface area contributed by atoms with Gasteiger partial charge in [0.1, 0.15) is 11.4 Å². The zero-order chi connectivity index (χ0) is 24.2. The van der Waals surface area contributed by atoms with E-state index in [0.717, 1.165) is 42.3 Å². The zero-order valence-electron chi connectivity index (χ0n) is 20.3. The highest BCUT2D eigenvalue weighted by Crippen LogP contribution is 2.24. The number of carbonyl (C=O) groups is 1. The fourth-order valence-electron chi connectivity index (χ4n) is 4.54. The SMILES string of the molecule is Cc1cccc(-n2nc(-c3cccn3C)cc2C(=O)N2CCN(CC=Cc3ccccc3)CC2)c1. The van der Waals surface area contributed by atoms with Gasteiger partial charge in [0.25, 0.3) is 5.91 Å². The number of nitrogens with zero attached hydrogens (tertiary/aromatic N) is 5. The standard InChI is InChI=1S/C29H31N5O/c1-23-9-6-13-25(21-23)34-28(22-26(30-34)27-14-8-15-31(27)2)29(35)33-19-17-32(18-20-33)16-7-12-24-10-4-3-5-11-24/h3-15,21-22H,16-20H2,1-2H3. The predicted molar refractivity (Wildman–Crippen MR) is 141 cm³/mol. The monoisotopic (exact) mass is 465 g/mol. The van der Waals surface area contributed by atoms with Crippen molar-refractivity contribution in [1.29, 1.82) is 0 Å². The molecular weight excluding hydrogens is 434 g/mol. The minimum Gasteiger partial charge on any atom is -0.349 e. The average Bonchev–Trinajstić information content (AvgIpc) is 3.51. The van der Waals surface area contributed by atoms with E-state index in [9.17, 15) is 4.79 Å². The summed E-state index contributed by atoms with van der Waals surface area (Å²) in [5, 5.41) is 4.85. The molecule has 0 N–H and O–H groups in total. The van der Waals surface area contributed by atoms with E-state index in [1.165, 1.54) is 5.56 Å². The maximum Gasteiger partial charge on any atom is 0.272 e. The Kier molecular flexibility index (Phi) is 6.64. The lowest BCUT2D eigenvalue weighted by molar-refractivity contribution is 0.0641. The molecule has 1 aliphatic rings. The van der Waals surface area contributed by atoms with Gasteiger partial charge < -0.3 is 9.47 Å². The van der Waals surface area contributed by atoms with Gasteiger partial charge in [-0.05, 0) is 48.4 Å². The van der Waals surface area contributed by atoms with Crippen LogP contribution in [0.2, 0.25) is 0 Å². The number of carbonyl (C=O) groups excluding carboxylic acids is 1. The fourth-order valence-corrected chi connectivity index (χ4v) is 4.54. The van der Waals surface area contributed by atoms with E-state index >= 15 is 0 Å². The molecule has 178 valence electrons. The van der Waals surface area contributed by atoms with Gasteiger partial charge in [-0.1, -0.05) is 54.6 Å². The van der Waals surface area contributed by atoms with Crippen LogP contribution in [0.15, 0.2) is 85.1 Å².